The highest BCUT2D eigenvalue weighted by Gasteiger charge is 2.37. The number of para-hydroxylation sites is 1. The molecule has 2 heteroatoms. The number of nitrogens with zero attached hydrogens (tertiary/aromatic N) is 1. The maximum absolute atomic E-state index is 14.2. The average Bonchev–Trinajstić information content (AvgIpc) is 2.55. The zero-order chi connectivity index (χ0) is 15.7. The lowest BCUT2D eigenvalue weighted by atomic mass is 9.86. The monoisotopic (exact) mass is 296 g/mol. The molecule has 3 atom stereocenters. The van der Waals surface area contributed by atoms with E-state index >= 15 is 0 Å². The van der Waals surface area contributed by atoms with Crippen molar-refractivity contribution < 1.29 is 4.39 Å². The number of allylic oxidation sites excluding steroid dienone is 1. The molecule has 0 radical (unpaired) electrons. The normalized spacial score (nSPS) is 24.8. The lowest BCUT2D eigenvalue weighted by molar-refractivity contribution is 0.329. The van der Waals surface area contributed by atoms with Gasteiger partial charge in [-0.05, 0) is 37.1 Å². The fourth-order valence-corrected chi connectivity index (χ4v) is 3.40. The summed E-state index contributed by atoms with van der Waals surface area (Å²) in [4.78, 5) is 0. The molecule has 114 valence electrons. The zero-order valence-corrected chi connectivity index (χ0v) is 13.5. The molecule has 1 aliphatic heterocycles. The van der Waals surface area contributed by atoms with Gasteiger partial charge in [0, 0.05) is 11.5 Å². The maximum Gasteiger partial charge on any atom is 0.141 e. The number of fused-ring (bicyclic) bond motifs is 1. The van der Waals surface area contributed by atoms with E-state index in [0.717, 1.165) is 16.5 Å². The van der Waals surface area contributed by atoms with E-state index in [0.29, 0.717) is 6.04 Å². The number of rotatable bonds is 3. The lowest BCUT2D eigenvalue weighted by Gasteiger charge is -2.40. The highest BCUT2D eigenvalue weighted by Crippen LogP contribution is 2.42. The van der Waals surface area contributed by atoms with Crippen LogP contribution in [0.4, 0.5) is 10.1 Å². The van der Waals surface area contributed by atoms with Gasteiger partial charge in [0.1, 0.15) is 11.5 Å². The average molecular weight is 296 g/mol. The van der Waals surface area contributed by atoms with Gasteiger partial charge in [0.2, 0.25) is 0 Å². The molecule has 0 fully saturated rings. The van der Waals surface area contributed by atoms with Crippen molar-refractivity contribution in [1.82, 2.24) is 4.48 Å². The van der Waals surface area contributed by atoms with Gasteiger partial charge in [-0.3, -0.25) is 4.48 Å². The van der Waals surface area contributed by atoms with Crippen molar-refractivity contribution in [3.05, 3.63) is 77.8 Å². The molecule has 0 saturated heterocycles. The van der Waals surface area contributed by atoms with Gasteiger partial charge in [-0.15, -0.1) is 0 Å². The summed E-state index contributed by atoms with van der Waals surface area (Å²) in [5.74, 6) is -0.140. The third-order valence-corrected chi connectivity index (χ3v) is 5.13. The van der Waals surface area contributed by atoms with E-state index in [4.69, 9.17) is 0 Å². The van der Waals surface area contributed by atoms with E-state index < -0.39 is 0 Å². The summed E-state index contributed by atoms with van der Waals surface area (Å²) in [5.41, 5.74) is 3.23. The smallest absolute Gasteiger partial charge is 0.141 e. The summed E-state index contributed by atoms with van der Waals surface area (Å²) in [6, 6.07) is 16.0. The standard InChI is InChI=1S/C20H23FN/c1-4-15(2)22(3)14-13-16(17-9-5-7-11-19(17)21)18-10-6-8-12-20(18)22/h5-16H,4H2,1-3H3/q+1. The third-order valence-electron chi connectivity index (χ3n) is 5.13. The molecule has 0 aromatic heterocycles. The first-order chi connectivity index (χ1) is 10.6. The van der Waals surface area contributed by atoms with Crippen LogP contribution < -0.4 is 4.48 Å². The van der Waals surface area contributed by atoms with Gasteiger partial charge in [0.05, 0.1) is 19.3 Å². The molecular formula is C20H23FN+. The van der Waals surface area contributed by atoms with E-state index in [1.807, 2.05) is 18.2 Å². The van der Waals surface area contributed by atoms with Gasteiger partial charge in [0.25, 0.3) is 0 Å². The van der Waals surface area contributed by atoms with Crippen LogP contribution in [0, 0.1) is 5.82 Å². The summed E-state index contributed by atoms with van der Waals surface area (Å²) in [6.07, 6.45) is 5.49. The second-order valence-electron chi connectivity index (χ2n) is 6.30. The van der Waals surface area contributed by atoms with Crippen LogP contribution in [-0.4, -0.2) is 13.1 Å². The third kappa shape index (κ3) is 2.28. The summed E-state index contributed by atoms with van der Waals surface area (Å²) >= 11 is 0. The number of halogens is 1. The largest absolute Gasteiger partial charge is 0.265 e. The van der Waals surface area contributed by atoms with E-state index in [1.165, 1.54) is 11.3 Å². The molecule has 0 bridgehead atoms. The Morgan fingerprint density at radius 2 is 1.68 bits per heavy atom. The quantitative estimate of drug-likeness (QED) is 0.681. The van der Waals surface area contributed by atoms with Gasteiger partial charge in [-0.2, -0.15) is 0 Å². The summed E-state index contributed by atoms with van der Waals surface area (Å²) in [5, 5.41) is 0. The predicted octanol–water partition coefficient (Wildman–Crippen LogP) is 5.22. The van der Waals surface area contributed by atoms with Gasteiger partial charge >= 0.3 is 0 Å². The number of quaternary nitrogens is 1. The van der Waals surface area contributed by atoms with Crippen molar-refractivity contribution in [3.63, 3.8) is 0 Å². The molecule has 1 nitrogen and oxygen atoms in total. The topological polar surface area (TPSA) is 0 Å². The van der Waals surface area contributed by atoms with Crippen LogP contribution in [0.5, 0.6) is 0 Å². The second-order valence-corrected chi connectivity index (χ2v) is 6.30. The first kappa shape index (κ1) is 15.0. The van der Waals surface area contributed by atoms with Crippen LogP contribution in [0.25, 0.3) is 0 Å². The van der Waals surface area contributed by atoms with Crippen molar-refractivity contribution in [2.75, 3.05) is 7.05 Å². The van der Waals surface area contributed by atoms with Gasteiger partial charge in [-0.25, -0.2) is 4.39 Å². The summed E-state index contributed by atoms with van der Waals surface area (Å²) in [6.45, 7) is 4.48. The van der Waals surface area contributed by atoms with Crippen LogP contribution in [-0.2, 0) is 0 Å². The highest BCUT2D eigenvalue weighted by molar-refractivity contribution is 5.60. The molecule has 3 unspecified atom stereocenters. The van der Waals surface area contributed by atoms with Crippen LogP contribution in [0.2, 0.25) is 0 Å². The molecule has 2 aromatic rings. The molecule has 22 heavy (non-hydrogen) atoms. The molecule has 1 heterocycles. The Morgan fingerprint density at radius 3 is 2.36 bits per heavy atom. The molecule has 3 rings (SSSR count). The van der Waals surface area contributed by atoms with Crippen LogP contribution in [0.1, 0.15) is 37.3 Å². The molecule has 0 spiro atoms. The van der Waals surface area contributed by atoms with E-state index in [-0.39, 0.29) is 11.7 Å². The van der Waals surface area contributed by atoms with Crippen molar-refractivity contribution >= 4 is 5.69 Å². The van der Waals surface area contributed by atoms with Crippen molar-refractivity contribution in [2.45, 2.75) is 32.2 Å². The Hall–Kier alpha value is -1.93. The minimum atomic E-state index is -0.133. The van der Waals surface area contributed by atoms with Crippen molar-refractivity contribution in [2.24, 2.45) is 0 Å². The van der Waals surface area contributed by atoms with Crippen LogP contribution >= 0.6 is 0 Å². The first-order valence-corrected chi connectivity index (χ1v) is 7.97. The Balaban J connectivity index is 2.16. The highest BCUT2D eigenvalue weighted by atomic mass is 19.1. The van der Waals surface area contributed by atoms with Crippen LogP contribution in [0.3, 0.4) is 0 Å². The van der Waals surface area contributed by atoms with Crippen molar-refractivity contribution in [3.8, 4) is 0 Å². The molecule has 2 aromatic carbocycles. The molecule has 1 aliphatic rings. The summed E-state index contributed by atoms with van der Waals surface area (Å²) < 4.78 is 15.0. The first-order valence-electron chi connectivity index (χ1n) is 7.97. The SMILES string of the molecule is CCC(C)[N+]1(C)C=CC(c2ccccc2F)c2ccccc21. The molecule has 0 saturated carbocycles. The molecule has 0 amide bonds. The van der Waals surface area contributed by atoms with E-state index in [2.05, 4.69) is 51.4 Å². The van der Waals surface area contributed by atoms with E-state index in [9.17, 15) is 4.39 Å². The number of benzene rings is 2. The molecule has 0 N–H and O–H groups in total. The Kier molecular flexibility index (Phi) is 3.88. The fourth-order valence-electron chi connectivity index (χ4n) is 3.40. The number of hydrogen-bond acceptors (Lipinski definition) is 0. The predicted molar refractivity (Wildman–Crippen MR) is 91.3 cm³/mol. The number of hydrogen-bond donors (Lipinski definition) is 0. The van der Waals surface area contributed by atoms with Gasteiger partial charge < -0.3 is 0 Å². The van der Waals surface area contributed by atoms with Crippen molar-refractivity contribution in [1.29, 1.82) is 0 Å². The summed E-state index contributed by atoms with van der Waals surface area (Å²) in [7, 11) is 2.24. The Bertz CT molecular complexity index is 706. The molecular weight excluding hydrogens is 273 g/mol. The van der Waals surface area contributed by atoms with Gasteiger partial charge in [0.15, 0.2) is 0 Å². The zero-order valence-electron chi connectivity index (χ0n) is 13.5. The van der Waals surface area contributed by atoms with Gasteiger partial charge in [-0.1, -0.05) is 43.3 Å². The second kappa shape index (κ2) is 5.69. The fraction of sp³-hybridized carbons (Fsp3) is 0.300. The maximum atomic E-state index is 14.2. The lowest BCUT2D eigenvalue weighted by Crippen LogP contribution is -2.49. The van der Waals surface area contributed by atoms with Crippen LogP contribution in [0.15, 0.2) is 60.8 Å². The molecule has 0 aliphatic carbocycles. The minimum Gasteiger partial charge on any atom is -0.265 e. The Morgan fingerprint density at radius 1 is 1.05 bits per heavy atom. The Labute approximate surface area is 132 Å². The minimum absolute atomic E-state index is 0.00680. The van der Waals surface area contributed by atoms with E-state index in [1.54, 1.807) is 12.1 Å².